The molecule has 2 aromatic rings. The monoisotopic (exact) mass is 395 g/mol. The number of nitrogens with one attached hydrogen (secondary N) is 1. The Hall–Kier alpha value is -2.37. The molecule has 5 nitrogen and oxygen atoms in total. The largest absolute Gasteiger partial charge is 0.377 e. The molecule has 0 radical (unpaired) electrons. The molecule has 2 aromatic carbocycles. The lowest BCUT2D eigenvalue weighted by Crippen LogP contribution is -2.39. The second-order valence-corrected chi connectivity index (χ2v) is 7.46. The molecule has 1 unspecified atom stereocenters. The van der Waals surface area contributed by atoms with Crippen LogP contribution in [0.2, 0.25) is 0 Å². The molecule has 156 valence electrons. The third-order valence-corrected chi connectivity index (χ3v) is 5.21. The van der Waals surface area contributed by atoms with Crippen molar-refractivity contribution in [1.82, 2.24) is 10.2 Å². The quantitative estimate of drug-likeness (QED) is 0.518. The van der Waals surface area contributed by atoms with Crippen LogP contribution in [0.15, 0.2) is 59.6 Å². The minimum atomic E-state index is 0.551. The summed E-state index contributed by atoms with van der Waals surface area (Å²) >= 11 is 0. The number of aliphatic imine (C=N–C) groups is 1. The lowest BCUT2D eigenvalue weighted by molar-refractivity contribution is 0.0906. The number of ether oxygens (including phenoxy) is 2. The Morgan fingerprint density at radius 1 is 1.00 bits per heavy atom. The van der Waals surface area contributed by atoms with E-state index in [0.717, 1.165) is 45.2 Å². The predicted molar refractivity (Wildman–Crippen MR) is 118 cm³/mol. The molecule has 0 amide bonds. The van der Waals surface area contributed by atoms with Crippen LogP contribution in [0.3, 0.4) is 0 Å². The molecule has 0 saturated carbocycles. The molecular formula is C24H33N3O2. The minimum Gasteiger partial charge on any atom is -0.377 e. The maximum atomic E-state index is 5.94. The Balaban J connectivity index is 1.40. The molecule has 1 fully saturated rings. The van der Waals surface area contributed by atoms with Crippen molar-refractivity contribution < 1.29 is 9.47 Å². The zero-order chi connectivity index (χ0) is 20.3. The third-order valence-electron chi connectivity index (χ3n) is 5.21. The fraction of sp³-hybridized carbons (Fsp3) is 0.458. The van der Waals surface area contributed by atoms with Gasteiger partial charge in [-0.25, -0.2) is 0 Å². The smallest absolute Gasteiger partial charge is 0.193 e. The highest BCUT2D eigenvalue weighted by atomic mass is 16.5. The van der Waals surface area contributed by atoms with Crippen molar-refractivity contribution in [3.8, 4) is 0 Å². The Morgan fingerprint density at radius 3 is 2.41 bits per heavy atom. The Morgan fingerprint density at radius 2 is 1.69 bits per heavy atom. The summed E-state index contributed by atoms with van der Waals surface area (Å²) < 4.78 is 11.4. The summed E-state index contributed by atoms with van der Waals surface area (Å²) in [5.74, 6) is 1.52. The molecule has 0 spiro atoms. The van der Waals surface area contributed by atoms with Gasteiger partial charge in [-0.2, -0.15) is 0 Å². The average Bonchev–Trinajstić information content (AvgIpc) is 3.23. The molecule has 1 saturated heterocycles. The summed E-state index contributed by atoms with van der Waals surface area (Å²) in [4.78, 5) is 6.81. The van der Waals surface area contributed by atoms with Gasteiger partial charge in [-0.1, -0.05) is 54.6 Å². The molecule has 5 heteroatoms. The molecule has 1 aliphatic heterocycles. The van der Waals surface area contributed by atoms with Crippen LogP contribution in [0.5, 0.6) is 0 Å². The van der Waals surface area contributed by atoms with Crippen LogP contribution in [0.25, 0.3) is 0 Å². The van der Waals surface area contributed by atoms with Crippen LogP contribution >= 0.6 is 0 Å². The maximum absolute atomic E-state index is 5.94. The van der Waals surface area contributed by atoms with Crippen LogP contribution in [0.1, 0.15) is 30.0 Å². The number of nitrogens with zero attached hydrogens (tertiary/aromatic N) is 2. The van der Waals surface area contributed by atoms with Crippen molar-refractivity contribution in [3.63, 3.8) is 0 Å². The van der Waals surface area contributed by atoms with E-state index < -0.39 is 0 Å². The normalized spacial score (nSPS) is 17.0. The summed E-state index contributed by atoms with van der Waals surface area (Å²) in [5.41, 5.74) is 3.68. The fourth-order valence-electron chi connectivity index (χ4n) is 3.57. The minimum absolute atomic E-state index is 0.551. The Bertz CT molecular complexity index is 746. The first-order valence-corrected chi connectivity index (χ1v) is 10.5. The lowest BCUT2D eigenvalue weighted by Gasteiger charge is -2.22. The molecule has 1 atom stereocenters. The van der Waals surface area contributed by atoms with Crippen LogP contribution in [-0.4, -0.2) is 44.2 Å². The van der Waals surface area contributed by atoms with Gasteiger partial charge in [-0.15, -0.1) is 0 Å². The van der Waals surface area contributed by atoms with E-state index in [2.05, 4.69) is 63.7 Å². The van der Waals surface area contributed by atoms with Gasteiger partial charge in [0, 0.05) is 39.2 Å². The summed E-state index contributed by atoms with van der Waals surface area (Å²) in [6, 6.07) is 18.9. The Labute approximate surface area is 174 Å². The van der Waals surface area contributed by atoms with Crippen molar-refractivity contribution in [1.29, 1.82) is 0 Å². The molecular weight excluding hydrogens is 362 g/mol. The molecule has 1 N–H and O–H groups in total. The number of benzene rings is 2. The van der Waals surface area contributed by atoms with E-state index >= 15 is 0 Å². The van der Waals surface area contributed by atoms with E-state index in [4.69, 9.17) is 9.47 Å². The standard InChI is InChI=1S/C24H33N3O2/c1-3-28-17-22-11-9-20(10-12-22)15-26-24(25-2)27-14-13-23(16-27)19-29-18-21-7-5-4-6-8-21/h4-12,23H,3,13-19H2,1-2H3,(H,25,26). The van der Waals surface area contributed by atoms with Gasteiger partial charge in [-0.05, 0) is 30.0 Å². The second-order valence-electron chi connectivity index (χ2n) is 7.46. The van der Waals surface area contributed by atoms with Crippen molar-refractivity contribution in [2.75, 3.05) is 33.4 Å². The molecule has 29 heavy (non-hydrogen) atoms. The van der Waals surface area contributed by atoms with E-state index in [1.807, 2.05) is 20.0 Å². The molecule has 0 bridgehead atoms. The van der Waals surface area contributed by atoms with Crippen molar-refractivity contribution in [2.24, 2.45) is 10.9 Å². The van der Waals surface area contributed by atoms with Gasteiger partial charge in [0.25, 0.3) is 0 Å². The van der Waals surface area contributed by atoms with Crippen LogP contribution in [-0.2, 0) is 29.2 Å². The summed E-state index contributed by atoms with van der Waals surface area (Å²) in [7, 11) is 1.85. The summed E-state index contributed by atoms with van der Waals surface area (Å²) in [6.45, 7) is 7.69. The van der Waals surface area contributed by atoms with Gasteiger partial charge < -0.3 is 19.7 Å². The zero-order valence-electron chi connectivity index (χ0n) is 17.6. The molecule has 0 aromatic heterocycles. The fourth-order valence-corrected chi connectivity index (χ4v) is 3.57. The molecule has 0 aliphatic carbocycles. The van der Waals surface area contributed by atoms with Crippen LogP contribution < -0.4 is 5.32 Å². The van der Waals surface area contributed by atoms with Crippen molar-refractivity contribution in [3.05, 3.63) is 71.3 Å². The van der Waals surface area contributed by atoms with E-state index in [1.54, 1.807) is 0 Å². The van der Waals surface area contributed by atoms with E-state index in [9.17, 15) is 0 Å². The first kappa shape index (κ1) is 21.3. The summed E-state index contributed by atoms with van der Waals surface area (Å²) in [6.07, 6.45) is 1.14. The number of rotatable bonds is 9. The SMILES string of the molecule is CCOCc1ccc(CNC(=NC)N2CCC(COCc3ccccc3)C2)cc1. The van der Waals surface area contributed by atoms with Crippen molar-refractivity contribution in [2.45, 2.75) is 33.1 Å². The highest BCUT2D eigenvalue weighted by Crippen LogP contribution is 2.17. The molecule has 1 heterocycles. The highest BCUT2D eigenvalue weighted by Gasteiger charge is 2.24. The van der Waals surface area contributed by atoms with Gasteiger partial charge in [0.15, 0.2) is 5.96 Å². The summed E-state index contributed by atoms with van der Waals surface area (Å²) in [5, 5.41) is 3.50. The van der Waals surface area contributed by atoms with Gasteiger partial charge in [-0.3, -0.25) is 4.99 Å². The predicted octanol–water partition coefficient (Wildman–Crippen LogP) is 3.84. The lowest BCUT2D eigenvalue weighted by atomic mass is 10.1. The number of hydrogen-bond acceptors (Lipinski definition) is 3. The van der Waals surface area contributed by atoms with Crippen molar-refractivity contribution >= 4 is 5.96 Å². The first-order chi connectivity index (χ1) is 14.3. The average molecular weight is 396 g/mol. The zero-order valence-corrected chi connectivity index (χ0v) is 17.6. The van der Waals surface area contributed by atoms with Crippen LogP contribution in [0.4, 0.5) is 0 Å². The number of guanidine groups is 1. The number of likely N-dealkylation sites (tertiary alicyclic amines) is 1. The van der Waals surface area contributed by atoms with Gasteiger partial charge in [0.2, 0.25) is 0 Å². The van der Waals surface area contributed by atoms with E-state index in [1.165, 1.54) is 16.7 Å². The van der Waals surface area contributed by atoms with Crippen LogP contribution in [0, 0.1) is 5.92 Å². The second kappa shape index (κ2) is 11.6. The van der Waals surface area contributed by atoms with Gasteiger partial charge in [0.1, 0.15) is 0 Å². The van der Waals surface area contributed by atoms with E-state index in [-0.39, 0.29) is 0 Å². The van der Waals surface area contributed by atoms with E-state index in [0.29, 0.717) is 19.1 Å². The third kappa shape index (κ3) is 6.87. The topological polar surface area (TPSA) is 46.1 Å². The highest BCUT2D eigenvalue weighted by molar-refractivity contribution is 5.80. The molecule has 1 aliphatic rings. The first-order valence-electron chi connectivity index (χ1n) is 10.5. The Kier molecular flexibility index (Phi) is 8.53. The van der Waals surface area contributed by atoms with Gasteiger partial charge in [0.05, 0.1) is 19.8 Å². The number of hydrogen-bond donors (Lipinski definition) is 1. The maximum Gasteiger partial charge on any atom is 0.193 e. The molecule has 3 rings (SSSR count). The van der Waals surface area contributed by atoms with Gasteiger partial charge >= 0.3 is 0 Å².